The first-order valence-electron chi connectivity index (χ1n) is 12.9. The van der Waals surface area contributed by atoms with Crippen LogP contribution in [0.15, 0.2) is 48.5 Å². The molecule has 2 aromatic carbocycles. The lowest BCUT2D eigenvalue weighted by atomic mass is 9.71. The van der Waals surface area contributed by atoms with E-state index in [2.05, 4.69) is 27.6 Å². The lowest BCUT2D eigenvalue weighted by molar-refractivity contribution is -0.132. The minimum Gasteiger partial charge on any atom is -0.494 e. The van der Waals surface area contributed by atoms with E-state index in [9.17, 15) is 14.0 Å². The summed E-state index contributed by atoms with van der Waals surface area (Å²) in [4.78, 5) is 28.6. The van der Waals surface area contributed by atoms with Crippen LogP contribution in [0.3, 0.4) is 0 Å². The standard InChI is InChI=1S/C28H30FN5O3/c1-37-22-10-7-18(15-21(22)29)16-25(35)33-14-13-28(19-5-3-2-4-6-19)12-11-24-31-32-26(34(24)17-23(28)33)27(36)30-20-8-9-20/h2-7,10,15,20,23H,8-9,11-14,16-17H2,1H3,(H,30,36)/t23-,28-/m0/s1. The molecule has 2 atom stereocenters. The van der Waals surface area contributed by atoms with Crippen molar-refractivity contribution in [1.29, 1.82) is 0 Å². The van der Waals surface area contributed by atoms with Gasteiger partial charge in [0.2, 0.25) is 11.7 Å². The zero-order valence-corrected chi connectivity index (χ0v) is 20.8. The van der Waals surface area contributed by atoms with Crippen LogP contribution in [-0.2, 0) is 29.6 Å². The Morgan fingerprint density at radius 3 is 2.68 bits per heavy atom. The van der Waals surface area contributed by atoms with Crippen LogP contribution in [0.4, 0.5) is 4.39 Å². The summed E-state index contributed by atoms with van der Waals surface area (Å²) in [6.45, 7) is 1.03. The van der Waals surface area contributed by atoms with E-state index < -0.39 is 5.82 Å². The molecule has 6 rings (SSSR count). The van der Waals surface area contributed by atoms with Gasteiger partial charge in [-0.15, -0.1) is 10.2 Å². The average molecular weight is 504 g/mol. The number of fused-ring (bicyclic) bond motifs is 2. The van der Waals surface area contributed by atoms with Gasteiger partial charge in [-0.25, -0.2) is 4.39 Å². The SMILES string of the molecule is COc1ccc(CC(=O)N2CC[C@]3(c4ccccc4)CCc4nnc(C(=O)NC5CC5)n4C[C@H]23)cc1F. The molecule has 3 heterocycles. The monoisotopic (exact) mass is 503 g/mol. The van der Waals surface area contributed by atoms with Crippen molar-refractivity contribution in [3.8, 4) is 5.75 Å². The fourth-order valence-corrected chi connectivity index (χ4v) is 6.02. The second-order valence-corrected chi connectivity index (χ2v) is 10.3. The molecule has 0 spiro atoms. The van der Waals surface area contributed by atoms with Crippen LogP contribution < -0.4 is 10.1 Å². The third kappa shape index (κ3) is 4.26. The van der Waals surface area contributed by atoms with Gasteiger partial charge in [0.25, 0.3) is 5.91 Å². The van der Waals surface area contributed by atoms with E-state index in [0.717, 1.165) is 31.5 Å². The summed E-state index contributed by atoms with van der Waals surface area (Å²) < 4.78 is 21.2. The van der Waals surface area contributed by atoms with Crippen molar-refractivity contribution in [3.05, 3.63) is 77.1 Å². The Balaban J connectivity index is 1.34. The smallest absolute Gasteiger partial charge is 0.289 e. The minimum atomic E-state index is -0.484. The molecule has 37 heavy (non-hydrogen) atoms. The van der Waals surface area contributed by atoms with Crippen molar-refractivity contribution in [1.82, 2.24) is 25.0 Å². The highest BCUT2D eigenvalue weighted by Gasteiger charge is 2.51. The predicted molar refractivity (Wildman–Crippen MR) is 134 cm³/mol. The highest BCUT2D eigenvalue weighted by Crippen LogP contribution is 2.46. The molecule has 1 aromatic heterocycles. The zero-order valence-electron chi connectivity index (χ0n) is 20.8. The summed E-state index contributed by atoms with van der Waals surface area (Å²) in [6, 6.07) is 15.0. The molecule has 3 aliphatic rings. The number of aryl methyl sites for hydroxylation is 1. The number of ether oxygens (including phenoxy) is 1. The number of methoxy groups -OCH3 is 1. The Labute approximate surface area is 214 Å². The molecule has 1 saturated heterocycles. The predicted octanol–water partition coefficient (Wildman–Crippen LogP) is 3.05. The first kappa shape index (κ1) is 23.6. The maximum absolute atomic E-state index is 14.3. The second kappa shape index (κ2) is 9.28. The van der Waals surface area contributed by atoms with Crippen molar-refractivity contribution >= 4 is 11.8 Å². The normalized spacial score (nSPS) is 22.6. The van der Waals surface area contributed by atoms with Crippen LogP contribution in [-0.4, -0.2) is 57.2 Å². The van der Waals surface area contributed by atoms with Gasteiger partial charge >= 0.3 is 0 Å². The largest absolute Gasteiger partial charge is 0.494 e. The van der Waals surface area contributed by atoms with E-state index in [-0.39, 0.29) is 41.5 Å². The van der Waals surface area contributed by atoms with E-state index in [1.54, 1.807) is 12.1 Å². The Morgan fingerprint density at radius 1 is 1.14 bits per heavy atom. The maximum atomic E-state index is 14.3. The number of carbonyl (C=O) groups is 2. The lowest BCUT2D eigenvalue weighted by Crippen LogP contribution is -2.48. The van der Waals surface area contributed by atoms with Crippen LogP contribution in [0.25, 0.3) is 0 Å². The van der Waals surface area contributed by atoms with Crippen LogP contribution >= 0.6 is 0 Å². The average Bonchev–Trinajstić information content (AvgIpc) is 3.55. The Bertz CT molecular complexity index is 1340. The molecular weight excluding hydrogens is 473 g/mol. The number of likely N-dealkylation sites (tertiary alicyclic amines) is 1. The van der Waals surface area contributed by atoms with E-state index in [4.69, 9.17) is 4.74 Å². The van der Waals surface area contributed by atoms with Crippen molar-refractivity contribution in [2.24, 2.45) is 0 Å². The van der Waals surface area contributed by atoms with E-state index >= 15 is 0 Å². The Morgan fingerprint density at radius 2 is 1.95 bits per heavy atom. The molecule has 0 unspecified atom stereocenters. The number of halogens is 1. The number of hydrogen-bond acceptors (Lipinski definition) is 5. The molecule has 2 aliphatic heterocycles. The first-order valence-corrected chi connectivity index (χ1v) is 12.9. The number of aromatic nitrogens is 3. The van der Waals surface area contributed by atoms with E-state index in [1.807, 2.05) is 27.7 Å². The maximum Gasteiger partial charge on any atom is 0.289 e. The number of nitrogens with zero attached hydrogens (tertiary/aromatic N) is 4. The van der Waals surface area contributed by atoms with Crippen molar-refractivity contribution in [2.75, 3.05) is 13.7 Å². The highest BCUT2D eigenvalue weighted by atomic mass is 19.1. The molecule has 2 fully saturated rings. The van der Waals surface area contributed by atoms with Crippen LogP contribution in [0.2, 0.25) is 0 Å². The summed E-state index contributed by atoms with van der Waals surface area (Å²) in [5.74, 6) is 0.479. The quantitative estimate of drug-likeness (QED) is 0.559. The van der Waals surface area contributed by atoms with Crippen LogP contribution in [0.1, 0.15) is 53.3 Å². The fourth-order valence-electron chi connectivity index (χ4n) is 6.02. The van der Waals surface area contributed by atoms with E-state index in [1.165, 1.54) is 18.7 Å². The molecule has 8 nitrogen and oxygen atoms in total. The number of nitrogens with one attached hydrogen (secondary N) is 1. The Kier molecular flexibility index (Phi) is 5.93. The van der Waals surface area contributed by atoms with Crippen molar-refractivity contribution in [2.45, 2.75) is 62.6 Å². The van der Waals surface area contributed by atoms with Gasteiger partial charge in [0.1, 0.15) is 5.82 Å². The van der Waals surface area contributed by atoms with Crippen LogP contribution in [0, 0.1) is 5.82 Å². The summed E-state index contributed by atoms with van der Waals surface area (Å²) in [6.07, 6.45) is 4.34. The zero-order chi connectivity index (χ0) is 25.6. The molecular formula is C28H30FN5O3. The molecule has 1 N–H and O–H groups in total. The summed E-state index contributed by atoms with van der Waals surface area (Å²) in [5.41, 5.74) is 1.52. The summed E-state index contributed by atoms with van der Waals surface area (Å²) >= 11 is 0. The van der Waals surface area contributed by atoms with Gasteiger partial charge in [-0.3, -0.25) is 9.59 Å². The van der Waals surface area contributed by atoms with Gasteiger partial charge in [0, 0.05) is 31.0 Å². The van der Waals surface area contributed by atoms with Gasteiger partial charge in [0.05, 0.1) is 19.6 Å². The number of amides is 2. The molecule has 9 heteroatoms. The van der Waals surface area contributed by atoms with Crippen LogP contribution in [0.5, 0.6) is 5.75 Å². The molecule has 3 aromatic rings. The summed E-state index contributed by atoms with van der Waals surface area (Å²) in [7, 11) is 1.42. The minimum absolute atomic E-state index is 0.0621. The van der Waals surface area contributed by atoms with Gasteiger partial charge < -0.3 is 19.5 Å². The fraction of sp³-hybridized carbons (Fsp3) is 0.429. The number of rotatable bonds is 6. The second-order valence-electron chi connectivity index (χ2n) is 10.3. The highest BCUT2D eigenvalue weighted by molar-refractivity contribution is 5.91. The molecule has 1 saturated carbocycles. The molecule has 2 amide bonds. The number of hydrogen-bond donors (Lipinski definition) is 1. The van der Waals surface area contributed by atoms with Gasteiger partial charge in [-0.2, -0.15) is 0 Å². The Hall–Kier alpha value is -3.75. The van der Waals surface area contributed by atoms with Gasteiger partial charge in [-0.1, -0.05) is 36.4 Å². The van der Waals surface area contributed by atoms with Gasteiger partial charge in [-0.05, 0) is 48.9 Å². The molecule has 0 radical (unpaired) electrons. The first-order chi connectivity index (χ1) is 18.0. The van der Waals surface area contributed by atoms with Crippen molar-refractivity contribution < 1.29 is 18.7 Å². The summed E-state index contributed by atoms with van der Waals surface area (Å²) in [5, 5.41) is 11.6. The third-order valence-electron chi connectivity index (χ3n) is 8.15. The molecule has 1 aliphatic carbocycles. The lowest BCUT2D eigenvalue weighted by Gasteiger charge is -2.37. The number of benzene rings is 2. The third-order valence-corrected chi connectivity index (χ3v) is 8.15. The molecule has 0 bridgehead atoms. The number of carbonyl (C=O) groups excluding carboxylic acids is 2. The van der Waals surface area contributed by atoms with Crippen molar-refractivity contribution in [3.63, 3.8) is 0 Å². The topological polar surface area (TPSA) is 89.3 Å². The van der Waals surface area contributed by atoms with E-state index in [0.29, 0.717) is 30.9 Å². The van der Waals surface area contributed by atoms with Gasteiger partial charge in [0.15, 0.2) is 11.6 Å². The molecule has 192 valence electrons.